The Labute approximate surface area is 208 Å². The third kappa shape index (κ3) is 4.40. The quantitative estimate of drug-likeness (QED) is 0.322. The minimum Gasteiger partial charge on any atom is -0.268 e. The van der Waals surface area contributed by atoms with Crippen LogP contribution in [0.15, 0.2) is 99.9 Å². The van der Waals surface area contributed by atoms with Crippen LogP contribution in [0, 0.1) is 0 Å². The third-order valence-corrected chi connectivity index (χ3v) is 9.99. The highest BCUT2D eigenvalue weighted by molar-refractivity contribution is 7.99. The van der Waals surface area contributed by atoms with E-state index in [1.54, 1.807) is 47.1 Å². The van der Waals surface area contributed by atoms with E-state index in [0.29, 0.717) is 15.8 Å². The van der Waals surface area contributed by atoms with Crippen LogP contribution in [-0.2, 0) is 20.8 Å². The molecule has 5 rings (SSSR count). The molecular formula is C23H19N5O4S3. The molecule has 9 nitrogen and oxygen atoms in total. The number of para-hydroxylation sites is 1. The number of aromatic nitrogens is 4. The second-order valence-corrected chi connectivity index (χ2v) is 12.0. The van der Waals surface area contributed by atoms with Gasteiger partial charge in [0.25, 0.3) is 15.9 Å². The van der Waals surface area contributed by atoms with E-state index in [1.807, 2.05) is 30.3 Å². The van der Waals surface area contributed by atoms with Crippen molar-refractivity contribution in [2.75, 3.05) is 5.75 Å². The number of carbonyl (C=O) groups excluding carboxylic acids is 1. The largest absolute Gasteiger partial charge is 0.270 e. The number of tetrazole rings is 1. The van der Waals surface area contributed by atoms with Gasteiger partial charge in [0.1, 0.15) is 10.3 Å². The first kappa shape index (κ1) is 23.4. The van der Waals surface area contributed by atoms with Crippen LogP contribution >= 0.6 is 11.8 Å². The molecule has 12 heteroatoms. The zero-order chi connectivity index (χ0) is 24.4. The number of carbonyl (C=O) groups is 1. The molecule has 178 valence electrons. The molecular weight excluding hydrogens is 506 g/mol. The summed E-state index contributed by atoms with van der Waals surface area (Å²) >= 11 is 1.29. The number of thioether (sulfide) groups is 1. The fourth-order valence-electron chi connectivity index (χ4n) is 3.76. The SMILES string of the molecule is O=C1c2ccccc2S(=O)(=O)N1C(CCSc1nnnn1-c1ccccc1)S(=O)c1ccccc1. The Bertz CT molecular complexity index is 1490. The number of benzene rings is 3. The van der Waals surface area contributed by atoms with Crippen LogP contribution in [-0.4, -0.2) is 54.2 Å². The highest BCUT2D eigenvalue weighted by Gasteiger charge is 2.47. The molecule has 2 heterocycles. The van der Waals surface area contributed by atoms with Crippen LogP contribution < -0.4 is 0 Å². The lowest BCUT2D eigenvalue weighted by molar-refractivity contribution is 0.0859. The minimum absolute atomic E-state index is 0.0688. The van der Waals surface area contributed by atoms with Crippen molar-refractivity contribution < 1.29 is 17.4 Å². The summed E-state index contributed by atoms with van der Waals surface area (Å²) in [5.74, 6) is -0.347. The van der Waals surface area contributed by atoms with E-state index >= 15 is 0 Å². The topological polar surface area (TPSA) is 115 Å². The Balaban J connectivity index is 1.44. The summed E-state index contributed by atoms with van der Waals surface area (Å²) in [4.78, 5) is 13.6. The van der Waals surface area contributed by atoms with Crippen LogP contribution in [0.5, 0.6) is 0 Å². The van der Waals surface area contributed by atoms with Crippen LogP contribution in [0.1, 0.15) is 16.8 Å². The van der Waals surface area contributed by atoms with Gasteiger partial charge < -0.3 is 0 Å². The summed E-state index contributed by atoms with van der Waals surface area (Å²) in [5, 5.41) is 11.2. The maximum absolute atomic E-state index is 13.6. The van der Waals surface area contributed by atoms with Gasteiger partial charge in [-0.05, 0) is 53.2 Å². The number of rotatable bonds is 8. The van der Waals surface area contributed by atoms with Crippen molar-refractivity contribution in [2.45, 2.75) is 26.7 Å². The Morgan fingerprint density at radius 3 is 2.29 bits per heavy atom. The number of amides is 1. The highest BCUT2D eigenvalue weighted by atomic mass is 32.2. The van der Waals surface area contributed by atoms with Crippen molar-refractivity contribution in [3.63, 3.8) is 0 Å². The van der Waals surface area contributed by atoms with Crippen molar-refractivity contribution in [2.24, 2.45) is 0 Å². The number of hydrogen-bond acceptors (Lipinski definition) is 8. The van der Waals surface area contributed by atoms with Gasteiger partial charge in [-0.15, -0.1) is 5.10 Å². The molecule has 0 radical (unpaired) electrons. The third-order valence-electron chi connectivity index (χ3n) is 5.38. The average Bonchev–Trinajstić information content (AvgIpc) is 3.44. The smallest absolute Gasteiger partial charge is 0.268 e. The van der Waals surface area contributed by atoms with Crippen molar-refractivity contribution >= 4 is 38.5 Å². The molecule has 1 aliphatic rings. The first-order valence-electron chi connectivity index (χ1n) is 10.6. The van der Waals surface area contributed by atoms with Crippen LogP contribution in [0.25, 0.3) is 5.69 Å². The van der Waals surface area contributed by atoms with Gasteiger partial charge in [0.05, 0.1) is 22.1 Å². The van der Waals surface area contributed by atoms with Gasteiger partial charge in [-0.25, -0.2) is 12.7 Å². The molecule has 1 aliphatic heterocycles. The average molecular weight is 526 g/mol. The lowest BCUT2D eigenvalue weighted by Crippen LogP contribution is -2.43. The number of nitrogens with zero attached hydrogens (tertiary/aromatic N) is 5. The highest BCUT2D eigenvalue weighted by Crippen LogP contribution is 2.35. The molecule has 35 heavy (non-hydrogen) atoms. The molecule has 3 aromatic carbocycles. The van der Waals surface area contributed by atoms with E-state index in [2.05, 4.69) is 15.5 Å². The molecule has 2 unspecified atom stereocenters. The van der Waals surface area contributed by atoms with Crippen molar-refractivity contribution in [1.29, 1.82) is 0 Å². The maximum Gasteiger partial charge on any atom is 0.270 e. The normalized spacial score (nSPS) is 16.1. The second kappa shape index (κ2) is 9.72. The number of fused-ring (bicyclic) bond motifs is 1. The molecule has 0 spiro atoms. The van der Waals surface area contributed by atoms with Gasteiger partial charge >= 0.3 is 0 Å². The summed E-state index contributed by atoms with van der Waals surface area (Å²) in [6.45, 7) is 0. The van der Waals surface area contributed by atoms with Crippen molar-refractivity contribution in [3.8, 4) is 5.69 Å². The fraction of sp³-hybridized carbons (Fsp3) is 0.130. The van der Waals surface area contributed by atoms with Gasteiger partial charge in [0, 0.05) is 10.6 Å². The molecule has 0 bridgehead atoms. The second-order valence-electron chi connectivity index (χ2n) is 7.51. The van der Waals surface area contributed by atoms with Crippen LogP contribution in [0.3, 0.4) is 0 Å². The van der Waals surface area contributed by atoms with E-state index in [0.717, 1.165) is 9.99 Å². The van der Waals surface area contributed by atoms with E-state index in [4.69, 9.17) is 0 Å². The van der Waals surface area contributed by atoms with Crippen LogP contribution in [0.4, 0.5) is 0 Å². The summed E-state index contributed by atoms with van der Waals surface area (Å²) in [5.41, 5.74) is 0.861. The van der Waals surface area contributed by atoms with E-state index in [-0.39, 0.29) is 16.9 Å². The van der Waals surface area contributed by atoms with Crippen molar-refractivity contribution in [3.05, 3.63) is 90.5 Å². The Hall–Kier alpha value is -3.35. The first-order chi connectivity index (χ1) is 17.0. The molecule has 2 atom stereocenters. The lowest BCUT2D eigenvalue weighted by atomic mass is 10.2. The van der Waals surface area contributed by atoms with E-state index in [9.17, 15) is 17.4 Å². The molecule has 0 fully saturated rings. The molecule has 0 N–H and O–H groups in total. The van der Waals surface area contributed by atoms with Gasteiger partial charge in [-0.2, -0.15) is 4.68 Å². The maximum atomic E-state index is 13.6. The molecule has 0 aliphatic carbocycles. The monoisotopic (exact) mass is 525 g/mol. The molecule has 4 aromatic rings. The number of hydrogen-bond donors (Lipinski definition) is 0. The molecule has 0 saturated carbocycles. The molecule has 0 saturated heterocycles. The minimum atomic E-state index is -4.15. The standard InChI is InChI=1S/C23H19N5O4S3/c29-22-19-13-7-8-14-20(19)35(31,32)28(22)21(34(30)18-11-5-2-6-12-18)15-16-33-23-24-25-26-27(23)17-9-3-1-4-10-17/h1-14,21H,15-16H2. The lowest BCUT2D eigenvalue weighted by Gasteiger charge is -2.26. The first-order valence-corrected chi connectivity index (χ1v) is 14.2. The van der Waals surface area contributed by atoms with Gasteiger partial charge in [0.2, 0.25) is 5.16 Å². The molecule has 1 amide bonds. The summed E-state index contributed by atoms with van der Waals surface area (Å²) in [6, 6.07) is 23.9. The summed E-state index contributed by atoms with van der Waals surface area (Å²) in [6.07, 6.45) is 0.132. The Morgan fingerprint density at radius 1 is 0.914 bits per heavy atom. The predicted molar refractivity (Wildman–Crippen MR) is 131 cm³/mol. The van der Waals surface area contributed by atoms with E-state index in [1.165, 1.54) is 23.9 Å². The zero-order valence-corrected chi connectivity index (χ0v) is 20.6. The number of sulfonamides is 1. The predicted octanol–water partition coefficient (Wildman–Crippen LogP) is 3.12. The summed E-state index contributed by atoms with van der Waals surface area (Å²) in [7, 11) is -5.95. The van der Waals surface area contributed by atoms with Gasteiger partial charge in [-0.1, -0.05) is 60.3 Å². The molecule has 1 aromatic heterocycles. The van der Waals surface area contributed by atoms with E-state index < -0.39 is 32.1 Å². The Kier molecular flexibility index (Phi) is 6.50. The zero-order valence-electron chi connectivity index (χ0n) is 18.2. The van der Waals surface area contributed by atoms with Gasteiger partial charge in [-0.3, -0.25) is 9.00 Å². The van der Waals surface area contributed by atoms with Gasteiger partial charge in [0.15, 0.2) is 0 Å². The fourth-order valence-corrected chi connectivity index (χ4v) is 8.34. The van der Waals surface area contributed by atoms with Crippen LogP contribution in [0.2, 0.25) is 0 Å². The van der Waals surface area contributed by atoms with Crippen molar-refractivity contribution in [1.82, 2.24) is 24.5 Å². The summed E-state index contributed by atoms with van der Waals surface area (Å²) < 4.78 is 42.6. The Morgan fingerprint density at radius 2 is 1.57 bits per heavy atom.